The van der Waals surface area contributed by atoms with E-state index in [2.05, 4.69) is 12.1 Å². The van der Waals surface area contributed by atoms with Crippen molar-refractivity contribution < 1.29 is 23.7 Å². The molecule has 38 heavy (non-hydrogen) atoms. The summed E-state index contributed by atoms with van der Waals surface area (Å²) in [5, 5.41) is 0. The van der Waals surface area contributed by atoms with Crippen molar-refractivity contribution in [2.75, 3.05) is 35.0 Å². The second kappa shape index (κ2) is 10.9. The smallest absolute Gasteiger partial charge is 0.254 e. The molecule has 1 aliphatic heterocycles. The van der Waals surface area contributed by atoms with Gasteiger partial charge >= 0.3 is 0 Å². The predicted octanol–water partition coefficient (Wildman–Crippen LogP) is 6.18. The number of rotatable bonds is 7. The highest BCUT2D eigenvalue weighted by molar-refractivity contribution is 5.95. The highest BCUT2D eigenvalue weighted by Crippen LogP contribution is 2.42. The van der Waals surface area contributed by atoms with E-state index in [1.165, 1.54) is 0 Å². The van der Waals surface area contributed by atoms with Gasteiger partial charge in [0, 0.05) is 24.6 Å². The maximum Gasteiger partial charge on any atom is 0.254 e. The highest BCUT2D eigenvalue weighted by atomic mass is 16.5. The number of nitrogens with zero attached hydrogens (tertiary/aromatic N) is 1. The number of carbonyl (C=O) groups excluding carboxylic acids is 1. The lowest BCUT2D eigenvalue weighted by Gasteiger charge is -2.36. The average Bonchev–Trinajstić information content (AvgIpc) is 2.99. The van der Waals surface area contributed by atoms with E-state index in [1.807, 2.05) is 77.7 Å². The van der Waals surface area contributed by atoms with Crippen LogP contribution in [0.15, 0.2) is 84.9 Å². The molecule has 4 aromatic carbocycles. The monoisotopic (exact) mass is 509 g/mol. The molecule has 0 saturated heterocycles. The van der Waals surface area contributed by atoms with Gasteiger partial charge in [-0.1, -0.05) is 48.5 Å². The van der Waals surface area contributed by atoms with E-state index < -0.39 is 0 Å². The number of benzene rings is 4. The normalized spacial score (nSPS) is 14.4. The van der Waals surface area contributed by atoms with Crippen molar-refractivity contribution in [1.82, 2.24) is 4.90 Å². The summed E-state index contributed by atoms with van der Waals surface area (Å²) in [5.74, 6) is 2.49. The molecule has 6 nitrogen and oxygen atoms in total. The summed E-state index contributed by atoms with van der Waals surface area (Å²) in [7, 11) is 6.50. The van der Waals surface area contributed by atoms with Crippen LogP contribution in [0.2, 0.25) is 0 Å². The van der Waals surface area contributed by atoms with Crippen LogP contribution in [0.25, 0.3) is 11.1 Å². The Morgan fingerprint density at radius 2 is 1.29 bits per heavy atom. The number of hydrogen-bond acceptors (Lipinski definition) is 5. The maximum atomic E-state index is 13.8. The van der Waals surface area contributed by atoms with Crippen molar-refractivity contribution in [3.8, 4) is 34.1 Å². The van der Waals surface area contributed by atoms with E-state index in [0.29, 0.717) is 41.7 Å². The minimum Gasteiger partial charge on any atom is -0.493 e. The first-order chi connectivity index (χ1) is 18.6. The topological polar surface area (TPSA) is 57.2 Å². The van der Waals surface area contributed by atoms with Gasteiger partial charge in [-0.05, 0) is 64.2 Å². The minimum absolute atomic E-state index is 0.0180. The first-order valence-electron chi connectivity index (χ1n) is 12.5. The molecular weight excluding hydrogens is 478 g/mol. The van der Waals surface area contributed by atoms with Gasteiger partial charge in [0.2, 0.25) is 0 Å². The summed E-state index contributed by atoms with van der Waals surface area (Å²) in [6.07, 6.45) is 0. The minimum atomic E-state index is -0.0918. The average molecular weight is 510 g/mol. The maximum absolute atomic E-state index is 13.8. The third-order valence-corrected chi connectivity index (χ3v) is 7.12. The molecule has 1 amide bonds. The third kappa shape index (κ3) is 4.77. The van der Waals surface area contributed by atoms with Crippen LogP contribution in [0, 0.1) is 0 Å². The van der Waals surface area contributed by atoms with Crippen LogP contribution in [0.4, 0.5) is 0 Å². The molecule has 6 heteroatoms. The Kier molecular flexibility index (Phi) is 7.22. The first-order valence-corrected chi connectivity index (χ1v) is 12.5. The van der Waals surface area contributed by atoms with Crippen molar-refractivity contribution in [1.29, 1.82) is 0 Å². The molecule has 0 fully saturated rings. The van der Waals surface area contributed by atoms with E-state index in [9.17, 15) is 4.79 Å². The summed E-state index contributed by atoms with van der Waals surface area (Å²) < 4.78 is 22.2. The van der Waals surface area contributed by atoms with Gasteiger partial charge in [-0.25, -0.2) is 0 Å². The molecule has 0 saturated carbocycles. The third-order valence-electron chi connectivity index (χ3n) is 7.12. The second-order valence-electron chi connectivity index (χ2n) is 9.20. The Balaban J connectivity index is 1.52. The van der Waals surface area contributed by atoms with Gasteiger partial charge in [0.25, 0.3) is 5.91 Å². The van der Waals surface area contributed by atoms with Gasteiger partial charge in [-0.2, -0.15) is 0 Å². The number of amides is 1. The van der Waals surface area contributed by atoms with Gasteiger partial charge in [0.1, 0.15) is 0 Å². The van der Waals surface area contributed by atoms with Gasteiger partial charge in [0.15, 0.2) is 23.0 Å². The van der Waals surface area contributed by atoms with Crippen LogP contribution in [0.3, 0.4) is 0 Å². The van der Waals surface area contributed by atoms with Crippen LogP contribution < -0.4 is 18.9 Å². The van der Waals surface area contributed by atoms with Gasteiger partial charge in [-0.3, -0.25) is 4.79 Å². The van der Waals surface area contributed by atoms with Crippen LogP contribution in [-0.2, 0) is 6.54 Å². The molecule has 1 atom stereocenters. The van der Waals surface area contributed by atoms with E-state index in [-0.39, 0.29) is 11.8 Å². The van der Waals surface area contributed by atoms with E-state index in [1.54, 1.807) is 28.4 Å². The molecule has 1 heterocycles. The summed E-state index contributed by atoms with van der Waals surface area (Å²) in [6, 6.07) is 27.8. The predicted molar refractivity (Wildman–Crippen MR) is 148 cm³/mol. The Bertz CT molecular complexity index is 1430. The van der Waals surface area contributed by atoms with Crippen LogP contribution in [0.5, 0.6) is 23.0 Å². The summed E-state index contributed by atoms with van der Waals surface area (Å²) in [6.45, 7) is 0.982. The van der Waals surface area contributed by atoms with Crippen molar-refractivity contribution in [3.63, 3.8) is 0 Å². The zero-order valence-corrected chi connectivity index (χ0v) is 22.1. The summed E-state index contributed by atoms with van der Waals surface area (Å²) in [5.41, 5.74) is 5.98. The van der Waals surface area contributed by atoms with Crippen LogP contribution >= 0.6 is 0 Å². The lowest BCUT2D eigenvalue weighted by atomic mass is 9.84. The fourth-order valence-electron chi connectivity index (χ4n) is 5.11. The van der Waals surface area contributed by atoms with Gasteiger partial charge in [0.05, 0.1) is 28.4 Å². The highest BCUT2D eigenvalue weighted by Gasteiger charge is 2.32. The number of ether oxygens (including phenoxy) is 4. The Labute approximate surface area is 223 Å². The van der Waals surface area contributed by atoms with Crippen LogP contribution in [-0.4, -0.2) is 45.8 Å². The molecular formula is C32H31NO5. The molecule has 0 bridgehead atoms. The van der Waals surface area contributed by atoms with Gasteiger partial charge < -0.3 is 23.8 Å². The van der Waals surface area contributed by atoms with Crippen molar-refractivity contribution in [3.05, 3.63) is 107 Å². The standard InChI is InChI=1S/C32H31NO5/c1-35-28-15-14-24(16-29(28)36-2)27-20-33(19-25-17-30(37-3)31(38-4)18-26(25)27)32(34)23-12-10-22(11-13-23)21-8-6-5-7-9-21/h5-18,27H,19-20H2,1-4H3. The number of hydrogen-bond donors (Lipinski definition) is 0. The lowest BCUT2D eigenvalue weighted by Crippen LogP contribution is -2.38. The number of fused-ring (bicyclic) bond motifs is 1. The zero-order chi connectivity index (χ0) is 26.6. The molecule has 5 rings (SSSR count). The molecule has 194 valence electrons. The lowest BCUT2D eigenvalue weighted by molar-refractivity contribution is 0.0724. The van der Waals surface area contributed by atoms with Crippen molar-refractivity contribution in [2.45, 2.75) is 12.5 Å². The molecule has 0 radical (unpaired) electrons. The fourth-order valence-corrected chi connectivity index (χ4v) is 5.11. The molecule has 4 aromatic rings. The summed E-state index contributed by atoms with van der Waals surface area (Å²) >= 11 is 0. The van der Waals surface area contributed by atoms with Crippen molar-refractivity contribution in [2.24, 2.45) is 0 Å². The molecule has 1 unspecified atom stereocenters. The zero-order valence-electron chi connectivity index (χ0n) is 22.1. The van der Waals surface area contributed by atoms with Gasteiger partial charge in [-0.15, -0.1) is 0 Å². The summed E-state index contributed by atoms with van der Waals surface area (Å²) in [4.78, 5) is 15.7. The Hall–Kier alpha value is -4.45. The molecule has 0 aromatic heterocycles. The van der Waals surface area contributed by atoms with Crippen molar-refractivity contribution >= 4 is 5.91 Å². The Morgan fingerprint density at radius 1 is 0.684 bits per heavy atom. The van der Waals surface area contributed by atoms with E-state index >= 15 is 0 Å². The quantitative estimate of drug-likeness (QED) is 0.298. The SMILES string of the molecule is COc1ccc(C2CN(C(=O)c3ccc(-c4ccccc4)cc3)Cc3cc(OC)c(OC)cc32)cc1OC. The molecule has 0 spiro atoms. The first kappa shape index (κ1) is 25.2. The van der Waals surface area contributed by atoms with E-state index in [4.69, 9.17) is 18.9 Å². The second-order valence-corrected chi connectivity index (χ2v) is 9.20. The number of carbonyl (C=O) groups is 1. The van der Waals surface area contributed by atoms with E-state index in [0.717, 1.165) is 27.8 Å². The Morgan fingerprint density at radius 3 is 1.95 bits per heavy atom. The molecule has 1 aliphatic rings. The molecule has 0 N–H and O–H groups in total. The molecule has 0 aliphatic carbocycles. The number of methoxy groups -OCH3 is 4. The largest absolute Gasteiger partial charge is 0.493 e. The van der Waals surface area contributed by atoms with Crippen LogP contribution in [0.1, 0.15) is 33.0 Å². The fraction of sp³-hybridized carbons (Fsp3) is 0.219.